The van der Waals surface area contributed by atoms with Gasteiger partial charge in [-0.2, -0.15) is 0 Å². The summed E-state index contributed by atoms with van der Waals surface area (Å²) in [6, 6.07) is 0. The molecule has 1 aromatic heterocycles. The fourth-order valence-corrected chi connectivity index (χ4v) is 2.24. The molecule has 1 N–H and O–H groups in total. The summed E-state index contributed by atoms with van der Waals surface area (Å²) in [5, 5.41) is 3.28. The molecular formula is C13H23N3O2. The number of ether oxygens (including phenoxy) is 2. The number of nitrogens with one attached hydrogen (secondary N) is 1. The summed E-state index contributed by atoms with van der Waals surface area (Å²) in [5.41, 5.74) is 1.07. The lowest BCUT2D eigenvalue weighted by Crippen LogP contribution is -2.18. The van der Waals surface area contributed by atoms with Crippen molar-refractivity contribution in [2.24, 2.45) is 0 Å². The molecule has 2 atom stereocenters. The Kier molecular flexibility index (Phi) is 5.16. The van der Waals surface area contributed by atoms with E-state index < -0.39 is 0 Å². The summed E-state index contributed by atoms with van der Waals surface area (Å²) in [5.74, 6) is 0. The second-order valence-corrected chi connectivity index (χ2v) is 4.88. The van der Waals surface area contributed by atoms with Crippen LogP contribution in [0, 0.1) is 0 Å². The summed E-state index contributed by atoms with van der Waals surface area (Å²) < 4.78 is 12.9. The first kappa shape index (κ1) is 13.5. The summed E-state index contributed by atoms with van der Waals surface area (Å²) >= 11 is 0. The molecule has 0 aromatic carbocycles. The SMILES string of the molecule is COCCNCc1cn(CC2CCC(C)O2)cn1. The number of rotatable bonds is 7. The fourth-order valence-electron chi connectivity index (χ4n) is 2.24. The quantitative estimate of drug-likeness (QED) is 0.742. The second kappa shape index (κ2) is 6.87. The highest BCUT2D eigenvalue weighted by Gasteiger charge is 2.21. The Morgan fingerprint density at radius 2 is 2.44 bits per heavy atom. The zero-order valence-electron chi connectivity index (χ0n) is 11.3. The van der Waals surface area contributed by atoms with Gasteiger partial charge in [-0.1, -0.05) is 0 Å². The van der Waals surface area contributed by atoms with Crippen LogP contribution in [0.2, 0.25) is 0 Å². The van der Waals surface area contributed by atoms with Gasteiger partial charge in [0.1, 0.15) is 0 Å². The Labute approximate surface area is 108 Å². The minimum atomic E-state index is 0.350. The molecule has 0 radical (unpaired) electrons. The van der Waals surface area contributed by atoms with Crippen LogP contribution >= 0.6 is 0 Å². The topological polar surface area (TPSA) is 48.3 Å². The molecule has 0 bridgehead atoms. The monoisotopic (exact) mass is 253 g/mol. The highest BCUT2D eigenvalue weighted by Crippen LogP contribution is 2.20. The van der Waals surface area contributed by atoms with Gasteiger partial charge in [-0.25, -0.2) is 4.98 Å². The van der Waals surface area contributed by atoms with Crippen LogP contribution in [-0.4, -0.2) is 42.0 Å². The van der Waals surface area contributed by atoms with E-state index in [4.69, 9.17) is 9.47 Å². The maximum Gasteiger partial charge on any atom is 0.0950 e. The molecule has 5 nitrogen and oxygen atoms in total. The van der Waals surface area contributed by atoms with E-state index in [9.17, 15) is 0 Å². The summed E-state index contributed by atoms with van der Waals surface area (Å²) in [7, 11) is 1.71. The van der Waals surface area contributed by atoms with Crippen molar-refractivity contribution in [2.45, 2.75) is 45.1 Å². The van der Waals surface area contributed by atoms with Crippen molar-refractivity contribution in [2.75, 3.05) is 20.3 Å². The van der Waals surface area contributed by atoms with Gasteiger partial charge < -0.3 is 19.4 Å². The van der Waals surface area contributed by atoms with Gasteiger partial charge in [0.15, 0.2) is 0 Å². The van der Waals surface area contributed by atoms with Crippen LogP contribution in [0.15, 0.2) is 12.5 Å². The van der Waals surface area contributed by atoms with Gasteiger partial charge in [0, 0.05) is 32.9 Å². The zero-order chi connectivity index (χ0) is 12.8. The predicted molar refractivity (Wildman–Crippen MR) is 69.4 cm³/mol. The number of hydrogen-bond donors (Lipinski definition) is 1. The maximum absolute atomic E-state index is 5.81. The van der Waals surface area contributed by atoms with E-state index in [1.807, 2.05) is 6.33 Å². The molecule has 1 fully saturated rings. The average Bonchev–Trinajstić information content (AvgIpc) is 2.95. The predicted octanol–water partition coefficient (Wildman–Crippen LogP) is 1.19. The van der Waals surface area contributed by atoms with Crippen LogP contribution < -0.4 is 5.32 Å². The van der Waals surface area contributed by atoms with Gasteiger partial charge in [-0.15, -0.1) is 0 Å². The molecule has 0 spiro atoms. The first-order chi connectivity index (χ1) is 8.78. The van der Waals surface area contributed by atoms with Crippen molar-refractivity contribution in [3.8, 4) is 0 Å². The van der Waals surface area contributed by atoms with E-state index in [1.165, 1.54) is 6.42 Å². The molecule has 1 aliphatic rings. The Balaban J connectivity index is 1.72. The summed E-state index contributed by atoms with van der Waals surface area (Å²) in [4.78, 5) is 4.38. The Bertz CT molecular complexity index is 354. The normalized spacial score (nSPS) is 23.7. The van der Waals surface area contributed by atoms with E-state index in [2.05, 4.69) is 28.0 Å². The van der Waals surface area contributed by atoms with Crippen LogP contribution in [0.4, 0.5) is 0 Å². The van der Waals surface area contributed by atoms with Crippen molar-refractivity contribution in [3.05, 3.63) is 18.2 Å². The molecule has 0 saturated carbocycles. The molecule has 102 valence electrons. The van der Waals surface area contributed by atoms with Crippen molar-refractivity contribution in [1.82, 2.24) is 14.9 Å². The van der Waals surface area contributed by atoms with E-state index in [0.717, 1.165) is 38.4 Å². The van der Waals surface area contributed by atoms with Gasteiger partial charge in [0.05, 0.1) is 30.8 Å². The van der Waals surface area contributed by atoms with Crippen LogP contribution in [0.3, 0.4) is 0 Å². The minimum Gasteiger partial charge on any atom is -0.383 e. The van der Waals surface area contributed by atoms with Crippen molar-refractivity contribution in [1.29, 1.82) is 0 Å². The van der Waals surface area contributed by atoms with Crippen LogP contribution in [0.25, 0.3) is 0 Å². The summed E-state index contributed by atoms with van der Waals surface area (Å²) in [6.45, 7) is 5.42. The van der Waals surface area contributed by atoms with Gasteiger partial charge in [0.2, 0.25) is 0 Å². The van der Waals surface area contributed by atoms with Gasteiger partial charge in [0.25, 0.3) is 0 Å². The van der Waals surface area contributed by atoms with Crippen LogP contribution in [0.5, 0.6) is 0 Å². The van der Waals surface area contributed by atoms with Crippen LogP contribution in [-0.2, 0) is 22.6 Å². The third-order valence-corrected chi connectivity index (χ3v) is 3.21. The molecule has 0 aliphatic carbocycles. The Hall–Kier alpha value is -0.910. The standard InChI is InChI=1S/C13H23N3O2/c1-11-3-4-13(18-11)9-16-8-12(15-10-16)7-14-5-6-17-2/h8,10-11,13-14H,3-7,9H2,1-2H3. The third kappa shape index (κ3) is 4.08. The van der Waals surface area contributed by atoms with Gasteiger partial charge >= 0.3 is 0 Å². The zero-order valence-corrected chi connectivity index (χ0v) is 11.3. The number of imidazole rings is 1. The van der Waals surface area contributed by atoms with E-state index >= 15 is 0 Å². The molecule has 1 aromatic rings. The Morgan fingerprint density at radius 3 is 3.17 bits per heavy atom. The fraction of sp³-hybridized carbons (Fsp3) is 0.769. The van der Waals surface area contributed by atoms with Gasteiger partial charge in [-0.05, 0) is 19.8 Å². The lowest BCUT2D eigenvalue weighted by Gasteiger charge is -2.11. The lowest BCUT2D eigenvalue weighted by atomic mass is 10.2. The van der Waals surface area contributed by atoms with Crippen molar-refractivity contribution >= 4 is 0 Å². The number of aromatic nitrogens is 2. The van der Waals surface area contributed by atoms with Crippen LogP contribution in [0.1, 0.15) is 25.5 Å². The highest BCUT2D eigenvalue weighted by molar-refractivity contribution is 4.96. The van der Waals surface area contributed by atoms with E-state index in [1.54, 1.807) is 7.11 Å². The summed E-state index contributed by atoms with van der Waals surface area (Å²) in [6.07, 6.45) is 7.06. The van der Waals surface area contributed by atoms with Crippen molar-refractivity contribution < 1.29 is 9.47 Å². The lowest BCUT2D eigenvalue weighted by molar-refractivity contribution is 0.0458. The number of methoxy groups -OCH3 is 1. The Morgan fingerprint density at radius 1 is 1.56 bits per heavy atom. The second-order valence-electron chi connectivity index (χ2n) is 4.88. The first-order valence-electron chi connectivity index (χ1n) is 6.63. The largest absolute Gasteiger partial charge is 0.383 e. The molecule has 2 rings (SSSR count). The first-order valence-corrected chi connectivity index (χ1v) is 6.63. The minimum absolute atomic E-state index is 0.350. The third-order valence-electron chi connectivity index (χ3n) is 3.21. The molecule has 5 heteroatoms. The molecule has 1 aliphatic heterocycles. The van der Waals surface area contributed by atoms with E-state index in [-0.39, 0.29) is 0 Å². The number of hydrogen-bond acceptors (Lipinski definition) is 4. The molecule has 2 unspecified atom stereocenters. The molecule has 0 amide bonds. The van der Waals surface area contributed by atoms with Gasteiger partial charge in [-0.3, -0.25) is 0 Å². The molecule has 2 heterocycles. The number of nitrogens with zero attached hydrogens (tertiary/aromatic N) is 2. The van der Waals surface area contributed by atoms with Crippen molar-refractivity contribution in [3.63, 3.8) is 0 Å². The highest BCUT2D eigenvalue weighted by atomic mass is 16.5. The smallest absolute Gasteiger partial charge is 0.0950 e. The maximum atomic E-state index is 5.81. The molecule has 18 heavy (non-hydrogen) atoms. The average molecular weight is 253 g/mol. The molecular weight excluding hydrogens is 230 g/mol. The van der Waals surface area contributed by atoms with E-state index in [0.29, 0.717) is 12.2 Å². The molecule has 1 saturated heterocycles.